The summed E-state index contributed by atoms with van der Waals surface area (Å²) in [5.41, 5.74) is 6.60. The highest BCUT2D eigenvalue weighted by atomic mass is 19.1. The molecule has 0 radical (unpaired) electrons. The maximum atomic E-state index is 13.3. The molecule has 0 fully saturated rings. The lowest BCUT2D eigenvalue weighted by atomic mass is 10.1. The smallest absolute Gasteiger partial charge is 0.128 e. The summed E-state index contributed by atoms with van der Waals surface area (Å²) in [6.07, 6.45) is 2.25. The molecule has 2 nitrogen and oxygen atoms in total. The average molecular weight is 209 g/mol. The van der Waals surface area contributed by atoms with Crippen molar-refractivity contribution in [3.63, 3.8) is 0 Å². The molecule has 0 aliphatic heterocycles. The van der Waals surface area contributed by atoms with Crippen molar-refractivity contribution >= 4 is 5.69 Å². The molecule has 0 bridgehead atoms. The Kier molecular flexibility index (Phi) is 4.16. The Labute approximate surface area is 89.6 Å². The predicted molar refractivity (Wildman–Crippen MR) is 59.9 cm³/mol. The molecule has 1 aromatic carbocycles. The summed E-state index contributed by atoms with van der Waals surface area (Å²) in [6.45, 7) is 3.70. The van der Waals surface area contributed by atoms with Crippen LogP contribution >= 0.6 is 0 Å². The van der Waals surface area contributed by atoms with Crippen LogP contribution in [0.4, 0.5) is 10.1 Å². The molecule has 15 heavy (non-hydrogen) atoms. The van der Waals surface area contributed by atoms with Gasteiger partial charge in [0.1, 0.15) is 5.82 Å². The van der Waals surface area contributed by atoms with E-state index in [0.29, 0.717) is 17.7 Å². The highest BCUT2D eigenvalue weighted by Crippen LogP contribution is 2.15. The molecule has 1 aromatic rings. The number of nitrogens with two attached hydrogens (primary N) is 1. The van der Waals surface area contributed by atoms with Crippen molar-refractivity contribution in [2.45, 2.75) is 19.3 Å². The molecule has 0 saturated heterocycles. The first-order valence-corrected chi connectivity index (χ1v) is 4.89. The van der Waals surface area contributed by atoms with Crippen molar-refractivity contribution in [3.8, 4) is 0 Å². The molecule has 82 valence electrons. The van der Waals surface area contributed by atoms with Crippen LogP contribution in [-0.4, -0.2) is 7.11 Å². The normalized spacial score (nSPS) is 10.0. The Bertz CT molecular complexity index is 349. The van der Waals surface area contributed by atoms with E-state index in [2.05, 4.69) is 6.58 Å². The minimum atomic E-state index is -0.238. The molecule has 3 heteroatoms. The van der Waals surface area contributed by atoms with E-state index in [1.165, 1.54) is 6.07 Å². The Morgan fingerprint density at radius 2 is 2.27 bits per heavy atom. The second-order valence-corrected chi connectivity index (χ2v) is 3.45. The van der Waals surface area contributed by atoms with Gasteiger partial charge in [0, 0.05) is 12.1 Å². The predicted octanol–water partition coefficient (Wildman–Crippen LogP) is 2.89. The summed E-state index contributed by atoms with van der Waals surface area (Å²) in [6, 6.07) is 4.78. The lowest BCUT2D eigenvalue weighted by Crippen LogP contribution is -1.94. The van der Waals surface area contributed by atoms with Crippen molar-refractivity contribution < 1.29 is 9.13 Å². The van der Waals surface area contributed by atoms with Crippen LogP contribution in [0.3, 0.4) is 0 Å². The largest absolute Gasteiger partial charge is 0.502 e. The molecule has 1 rings (SSSR count). The zero-order chi connectivity index (χ0) is 11.3. The van der Waals surface area contributed by atoms with Crippen LogP contribution in [0.1, 0.15) is 18.4 Å². The molecule has 0 spiro atoms. The number of anilines is 1. The van der Waals surface area contributed by atoms with Crippen molar-refractivity contribution in [2.75, 3.05) is 12.8 Å². The Hall–Kier alpha value is -1.51. The maximum absolute atomic E-state index is 13.3. The molecule has 0 atom stereocenters. The van der Waals surface area contributed by atoms with E-state index in [-0.39, 0.29) is 5.82 Å². The van der Waals surface area contributed by atoms with Gasteiger partial charge >= 0.3 is 0 Å². The van der Waals surface area contributed by atoms with Crippen LogP contribution in [0.2, 0.25) is 0 Å². The first-order valence-electron chi connectivity index (χ1n) is 4.89. The number of nitrogen functional groups attached to an aromatic ring is 1. The number of rotatable bonds is 5. The Balaban J connectivity index is 2.47. The fourth-order valence-electron chi connectivity index (χ4n) is 1.34. The lowest BCUT2D eigenvalue weighted by Gasteiger charge is -2.05. The summed E-state index contributed by atoms with van der Waals surface area (Å²) in [5.74, 6) is 0.490. The highest BCUT2D eigenvalue weighted by molar-refractivity contribution is 5.40. The van der Waals surface area contributed by atoms with Crippen LogP contribution in [-0.2, 0) is 11.2 Å². The van der Waals surface area contributed by atoms with Crippen molar-refractivity contribution in [1.82, 2.24) is 0 Å². The Morgan fingerprint density at radius 1 is 1.53 bits per heavy atom. The molecular formula is C12H16FNO. The van der Waals surface area contributed by atoms with Gasteiger partial charge < -0.3 is 10.5 Å². The Morgan fingerprint density at radius 3 is 2.87 bits per heavy atom. The molecule has 2 N–H and O–H groups in total. The van der Waals surface area contributed by atoms with Crippen LogP contribution in [0.25, 0.3) is 0 Å². The third-order valence-corrected chi connectivity index (χ3v) is 2.27. The van der Waals surface area contributed by atoms with E-state index in [0.717, 1.165) is 18.6 Å². The second-order valence-electron chi connectivity index (χ2n) is 3.45. The van der Waals surface area contributed by atoms with Gasteiger partial charge in [0.2, 0.25) is 0 Å². The van der Waals surface area contributed by atoms with Crippen molar-refractivity contribution in [1.29, 1.82) is 0 Å². The van der Waals surface area contributed by atoms with Gasteiger partial charge in [-0.3, -0.25) is 0 Å². The number of allylic oxidation sites excluding steroid dienone is 1. The quantitative estimate of drug-likeness (QED) is 0.597. The number of ether oxygens (including phenoxy) is 1. The monoisotopic (exact) mass is 209 g/mol. The van der Waals surface area contributed by atoms with Crippen LogP contribution in [0.15, 0.2) is 30.5 Å². The molecular weight excluding hydrogens is 193 g/mol. The average Bonchev–Trinajstić information content (AvgIpc) is 2.21. The highest BCUT2D eigenvalue weighted by Gasteiger charge is 2.02. The van der Waals surface area contributed by atoms with Gasteiger partial charge in [0.15, 0.2) is 0 Å². The topological polar surface area (TPSA) is 35.2 Å². The number of methoxy groups -OCH3 is 1. The molecule has 0 aromatic heterocycles. The molecule has 0 amide bonds. The number of hydrogen-bond donors (Lipinski definition) is 1. The third kappa shape index (κ3) is 3.62. The van der Waals surface area contributed by atoms with Gasteiger partial charge in [-0.2, -0.15) is 0 Å². The van der Waals surface area contributed by atoms with Crippen LogP contribution in [0, 0.1) is 5.82 Å². The summed E-state index contributed by atoms with van der Waals surface area (Å²) in [7, 11) is 1.59. The fraction of sp³-hybridized carbons (Fsp3) is 0.333. The SMILES string of the molecule is C=C(CCCc1ccc(N)cc1F)OC. The van der Waals surface area contributed by atoms with E-state index in [1.54, 1.807) is 19.2 Å². The van der Waals surface area contributed by atoms with Gasteiger partial charge in [0.25, 0.3) is 0 Å². The second kappa shape index (κ2) is 5.39. The maximum Gasteiger partial charge on any atom is 0.128 e. The molecule has 0 heterocycles. The van der Waals surface area contributed by atoms with Crippen LogP contribution < -0.4 is 5.73 Å². The van der Waals surface area contributed by atoms with E-state index in [1.807, 2.05) is 0 Å². The fourth-order valence-corrected chi connectivity index (χ4v) is 1.34. The van der Waals surface area contributed by atoms with Gasteiger partial charge in [-0.05, 0) is 30.5 Å². The van der Waals surface area contributed by atoms with Gasteiger partial charge in [-0.1, -0.05) is 12.6 Å². The van der Waals surface area contributed by atoms with Gasteiger partial charge in [-0.15, -0.1) is 0 Å². The van der Waals surface area contributed by atoms with E-state index >= 15 is 0 Å². The standard InChI is InChI=1S/C12H16FNO/c1-9(15-2)4-3-5-10-6-7-11(14)8-12(10)13/h6-8H,1,3-5,14H2,2H3. The number of halogens is 1. The van der Waals surface area contributed by atoms with Crippen LogP contribution in [0.5, 0.6) is 0 Å². The first-order chi connectivity index (χ1) is 7.13. The summed E-state index contributed by atoms with van der Waals surface area (Å²) >= 11 is 0. The molecule has 0 aliphatic rings. The zero-order valence-electron chi connectivity index (χ0n) is 8.92. The number of aryl methyl sites for hydroxylation is 1. The number of hydrogen-bond acceptors (Lipinski definition) is 2. The minimum absolute atomic E-state index is 0.238. The number of benzene rings is 1. The van der Waals surface area contributed by atoms with Gasteiger partial charge in [0.05, 0.1) is 12.9 Å². The lowest BCUT2D eigenvalue weighted by molar-refractivity contribution is 0.277. The summed E-state index contributed by atoms with van der Waals surface area (Å²) in [4.78, 5) is 0. The molecule has 0 aliphatic carbocycles. The molecule has 0 saturated carbocycles. The minimum Gasteiger partial charge on any atom is -0.502 e. The third-order valence-electron chi connectivity index (χ3n) is 2.27. The van der Waals surface area contributed by atoms with Gasteiger partial charge in [-0.25, -0.2) is 4.39 Å². The summed E-state index contributed by atoms with van der Waals surface area (Å²) < 4.78 is 18.3. The van der Waals surface area contributed by atoms with E-state index in [9.17, 15) is 4.39 Å². The van der Waals surface area contributed by atoms with Crippen molar-refractivity contribution in [2.24, 2.45) is 0 Å². The first kappa shape index (κ1) is 11.6. The zero-order valence-corrected chi connectivity index (χ0v) is 8.92. The molecule has 0 unspecified atom stereocenters. The summed E-state index contributed by atoms with van der Waals surface area (Å²) in [5, 5.41) is 0. The van der Waals surface area contributed by atoms with E-state index < -0.39 is 0 Å². The van der Waals surface area contributed by atoms with Crippen molar-refractivity contribution in [3.05, 3.63) is 41.9 Å². The van der Waals surface area contributed by atoms with E-state index in [4.69, 9.17) is 10.5 Å².